The first-order valence-electron chi connectivity index (χ1n) is 7.15. The van der Waals surface area contributed by atoms with Crippen LogP contribution in [0.15, 0.2) is 22.7 Å². The Labute approximate surface area is 125 Å². The highest BCUT2D eigenvalue weighted by Gasteiger charge is 2.30. The molecule has 19 heavy (non-hydrogen) atoms. The van der Waals surface area contributed by atoms with Gasteiger partial charge in [0.1, 0.15) is 5.75 Å². The number of rotatable bonds is 5. The topological polar surface area (TPSA) is 21.3 Å². The highest BCUT2D eigenvalue weighted by Crippen LogP contribution is 2.35. The van der Waals surface area contributed by atoms with E-state index in [9.17, 15) is 0 Å². The van der Waals surface area contributed by atoms with Crippen LogP contribution >= 0.6 is 15.9 Å². The summed E-state index contributed by atoms with van der Waals surface area (Å²) < 4.78 is 6.33. The van der Waals surface area contributed by atoms with E-state index in [0.717, 1.165) is 28.5 Å². The summed E-state index contributed by atoms with van der Waals surface area (Å²) in [5.41, 5.74) is 1.37. The smallest absolute Gasteiger partial charge is 0.133 e. The first-order chi connectivity index (χ1) is 9.15. The van der Waals surface area contributed by atoms with Crippen molar-refractivity contribution in [1.82, 2.24) is 5.32 Å². The van der Waals surface area contributed by atoms with E-state index < -0.39 is 0 Å². The summed E-state index contributed by atoms with van der Waals surface area (Å²) in [7, 11) is 3.80. The van der Waals surface area contributed by atoms with Crippen LogP contribution in [0.1, 0.15) is 31.7 Å². The number of hydrogen-bond acceptors (Lipinski definition) is 2. The molecule has 3 heteroatoms. The number of halogens is 1. The van der Waals surface area contributed by atoms with Crippen molar-refractivity contribution in [2.24, 2.45) is 11.8 Å². The molecule has 3 atom stereocenters. The first kappa shape index (κ1) is 14.9. The minimum absolute atomic E-state index is 0.581. The van der Waals surface area contributed by atoms with E-state index in [1.54, 1.807) is 7.11 Å². The molecule has 1 aliphatic rings. The molecule has 0 amide bonds. The van der Waals surface area contributed by atoms with E-state index in [-0.39, 0.29) is 0 Å². The van der Waals surface area contributed by atoms with Gasteiger partial charge in [0.2, 0.25) is 0 Å². The molecule has 0 heterocycles. The molecule has 0 saturated heterocycles. The van der Waals surface area contributed by atoms with Crippen molar-refractivity contribution in [1.29, 1.82) is 0 Å². The second kappa shape index (κ2) is 6.76. The zero-order valence-corrected chi connectivity index (χ0v) is 13.7. The van der Waals surface area contributed by atoms with Crippen LogP contribution in [0.4, 0.5) is 0 Å². The van der Waals surface area contributed by atoms with Crippen molar-refractivity contribution in [3.8, 4) is 5.75 Å². The molecule has 0 bridgehead atoms. The fourth-order valence-corrected chi connectivity index (χ4v) is 3.92. The summed E-state index contributed by atoms with van der Waals surface area (Å²) in [4.78, 5) is 0. The lowest BCUT2D eigenvalue weighted by Crippen LogP contribution is -2.36. The van der Waals surface area contributed by atoms with Crippen LogP contribution in [-0.4, -0.2) is 20.2 Å². The van der Waals surface area contributed by atoms with Gasteiger partial charge in [-0.25, -0.2) is 0 Å². The highest BCUT2D eigenvalue weighted by molar-refractivity contribution is 9.10. The van der Waals surface area contributed by atoms with E-state index in [2.05, 4.69) is 47.4 Å². The molecule has 2 rings (SSSR count). The zero-order chi connectivity index (χ0) is 13.8. The average molecular weight is 326 g/mol. The SMILES string of the molecule is CNC(Cc1ccc(OC)c(Br)c1)C1CCCC1C. The van der Waals surface area contributed by atoms with Crippen molar-refractivity contribution < 1.29 is 4.74 Å². The second-order valence-corrected chi connectivity index (χ2v) is 6.49. The Bertz CT molecular complexity index is 421. The highest BCUT2D eigenvalue weighted by atomic mass is 79.9. The molecule has 106 valence electrons. The number of nitrogens with one attached hydrogen (secondary N) is 1. The van der Waals surface area contributed by atoms with Crippen LogP contribution in [0.5, 0.6) is 5.75 Å². The molecule has 1 aromatic carbocycles. The summed E-state index contributed by atoms with van der Waals surface area (Å²) in [5, 5.41) is 3.52. The molecule has 0 spiro atoms. The second-order valence-electron chi connectivity index (χ2n) is 5.64. The van der Waals surface area contributed by atoms with Gasteiger partial charge in [-0.05, 0) is 65.4 Å². The largest absolute Gasteiger partial charge is 0.496 e. The maximum absolute atomic E-state index is 5.29. The van der Waals surface area contributed by atoms with Gasteiger partial charge in [0.25, 0.3) is 0 Å². The van der Waals surface area contributed by atoms with Gasteiger partial charge in [0, 0.05) is 6.04 Å². The molecule has 2 nitrogen and oxygen atoms in total. The van der Waals surface area contributed by atoms with Gasteiger partial charge in [-0.3, -0.25) is 0 Å². The number of ether oxygens (including phenoxy) is 1. The van der Waals surface area contributed by atoms with Crippen molar-refractivity contribution >= 4 is 15.9 Å². The van der Waals surface area contributed by atoms with Crippen LogP contribution in [0.3, 0.4) is 0 Å². The Morgan fingerprint density at radius 2 is 2.21 bits per heavy atom. The van der Waals surface area contributed by atoms with Gasteiger partial charge >= 0.3 is 0 Å². The van der Waals surface area contributed by atoms with E-state index in [0.29, 0.717) is 6.04 Å². The van der Waals surface area contributed by atoms with Crippen molar-refractivity contribution in [2.75, 3.05) is 14.2 Å². The monoisotopic (exact) mass is 325 g/mol. The lowest BCUT2D eigenvalue weighted by molar-refractivity contribution is 0.308. The van der Waals surface area contributed by atoms with Gasteiger partial charge in [0.15, 0.2) is 0 Å². The minimum atomic E-state index is 0.581. The van der Waals surface area contributed by atoms with Crippen LogP contribution in [-0.2, 0) is 6.42 Å². The molecule has 0 radical (unpaired) electrons. The van der Waals surface area contributed by atoms with Crippen molar-refractivity contribution in [3.63, 3.8) is 0 Å². The molecule has 1 aromatic rings. The normalized spacial score (nSPS) is 24.4. The maximum atomic E-state index is 5.29. The van der Waals surface area contributed by atoms with E-state index in [4.69, 9.17) is 4.74 Å². The van der Waals surface area contributed by atoms with E-state index >= 15 is 0 Å². The van der Waals surface area contributed by atoms with E-state index in [1.165, 1.54) is 24.8 Å². The Hall–Kier alpha value is -0.540. The zero-order valence-electron chi connectivity index (χ0n) is 12.1. The molecule has 1 saturated carbocycles. The number of methoxy groups -OCH3 is 1. The van der Waals surface area contributed by atoms with Gasteiger partial charge in [-0.2, -0.15) is 0 Å². The Balaban J connectivity index is 2.07. The third-order valence-electron chi connectivity index (χ3n) is 4.49. The molecule has 0 aliphatic heterocycles. The van der Waals surface area contributed by atoms with Crippen molar-refractivity contribution in [2.45, 2.75) is 38.6 Å². The lowest BCUT2D eigenvalue weighted by Gasteiger charge is -2.27. The van der Waals surface area contributed by atoms with Gasteiger partial charge in [-0.1, -0.05) is 25.8 Å². The number of benzene rings is 1. The fourth-order valence-electron chi connectivity index (χ4n) is 3.33. The predicted octanol–water partition coefficient (Wildman–Crippen LogP) is 4.02. The summed E-state index contributed by atoms with van der Waals surface area (Å²) in [5.74, 6) is 2.56. The Kier molecular flexibility index (Phi) is 5.28. The molecule has 3 unspecified atom stereocenters. The Morgan fingerprint density at radius 3 is 2.74 bits per heavy atom. The molecular formula is C16H24BrNO. The maximum Gasteiger partial charge on any atom is 0.133 e. The van der Waals surface area contributed by atoms with Gasteiger partial charge in [-0.15, -0.1) is 0 Å². The molecule has 1 aliphatic carbocycles. The van der Waals surface area contributed by atoms with E-state index in [1.807, 2.05) is 6.07 Å². The molecule has 0 aromatic heterocycles. The number of likely N-dealkylation sites (N-methyl/N-ethyl adjacent to an activating group) is 1. The lowest BCUT2D eigenvalue weighted by atomic mass is 9.86. The summed E-state index contributed by atoms with van der Waals surface area (Å²) in [6, 6.07) is 6.98. The quantitative estimate of drug-likeness (QED) is 0.882. The predicted molar refractivity (Wildman–Crippen MR) is 83.8 cm³/mol. The van der Waals surface area contributed by atoms with Crippen LogP contribution in [0, 0.1) is 11.8 Å². The standard InChI is InChI=1S/C16H24BrNO/c1-11-5-4-6-13(11)15(18-2)10-12-7-8-16(19-3)14(17)9-12/h7-9,11,13,15,18H,4-6,10H2,1-3H3. The Morgan fingerprint density at radius 1 is 1.42 bits per heavy atom. The summed E-state index contributed by atoms with van der Waals surface area (Å²) >= 11 is 3.57. The van der Waals surface area contributed by atoms with Crippen LogP contribution < -0.4 is 10.1 Å². The van der Waals surface area contributed by atoms with Gasteiger partial charge in [0.05, 0.1) is 11.6 Å². The van der Waals surface area contributed by atoms with Crippen LogP contribution in [0.2, 0.25) is 0 Å². The average Bonchev–Trinajstić information content (AvgIpc) is 2.82. The third kappa shape index (κ3) is 3.51. The molecular weight excluding hydrogens is 302 g/mol. The third-order valence-corrected chi connectivity index (χ3v) is 5.11. The van der Waals surface area contributed by atoms with Crippen molar-refractivity contribution in [3.05, 3.63) is 28.2 Å². The van der Waals surface area contributed by atoms with Crippen LogP contribution in [0.25, 0.3) is 0 Å². The summed E-state index contributed by atoms with van der Waals surface area (Å²) in [6.45, 7) is 2.39. The minimum Gasteiger partial charge on any atom is -0.496 e. The van der Waals surface area contributed by atoms with Gasteiger partial charge < -0.3 is 10.1 Å². The first-order valence-corrected chi connectivity index (χ1v) is 7.94. The summed E-state index contributed by atoms with van der Waals surface area (Å²) in [6.07, 6.45) is 5.23. The fraction of sp³-hybridized carbons (Fsp3) is 0.625. The number of hydrogen-bond donors (Lipinski definition) is 1. The molecule has 1 N–H and O–H groups in total. The molecule has 1 fully saturated rings.